The van der Waals surface area contributed by atoms with Gasteiger partial charge in [0.2, 0.25) is 5.89 Å². The monoisotopic (exact) mass is 258 g/mol. The number of aryl methyl sites for hydroxylation is 1. The first-order valence-electron chi connectivity index (χ1n) is 6.76. The molecule has 0 radical (unpaired) electrons. The molecule has 3 heterocycles. The van der Waals surface area contributed by atoms with Crippen LogP contribution in [0.5, 0.6) is 0 Å². The molecule has 1 aliphatic rings. The number of nitrogens with zero attached hydrogens (tertiary/aromatic N) is 4. The van der Waals surface area contributed by atoms with Gasteiger partial charge in [0.05, 0.1) is 0 Å². The van der Waals surface area contributed by atoms with Gasteiger partial charge in [-0.25, -0.2) is 4.98 Å². The zero-order valence-electron chi connectivity index (χ0n) is 11.1. The van der Waals surface area contributed by atoms with E-state index < -0.39 is 0 Å². The van der Waals surface area contributed by atoms with Crippen molar-refractivity contribution in [3.63, 3.8) is 0 Å². The molecule has 0 aliphatic carbocycles. The molecular weight excluding hydrogens is 240 g/mol. The van der Waals surface area contributed by atoms with E-state index in [1.165, 1.54) is 12.8 Å². The molecular formula is C14H18N4O. The summed E-state index contributed by atoms with van der Waals surface area (Å²) in [6, 6.07) is 6.06. The SMILES string of the molecule is Cc1nc(CC2CCCN(c3ccccn3)C2)no1. The predicted molar refractivity (Wildman–Crippen MR) is 71.9 cm³/mol. The predicted octanol–water partition coefficient (Wildman–Crippen LogP) is 2.23. The van der Waals surface area contributed by atoms with Crippen LogP contribution in [0.15, 0.2) is 28.9 Å². The number of hydrogen-bond donors (Lipinski definition) is 0. The van der Waals surface area contributed by atoms with Gasteiger partial charge in [-0.05, 0) is 30.9 Å². The van der Waals surface area contributed by atoms with Gasteiger partial charge in [0.1, 0.15) is 5.82 Å². The molecule has 100 valence electrons. The average molecular weight is 258 g/mol. The Bertz CT molecular complexity index is 525. The quantitative estimate of drug-likeness (QED) is 0.845. The Balaban J connectivity index is 1.65. The first kappa shape index (κ1) is 12.1. The molecule has 1 atom stereocenters. The summed E-state index contributed by atoms with van der Waals surface area (Å²) >= 11 is 0. The minimum Gasteiger partial charge on any atom is -0.356 e. The molecule has 2 aromatic rings. The average Bonchev–Trinajstić information content (AvgIpc) is 2.85. The van der Waals surface area contributed by atoms with E-state index in [2.05, 4.69) is 26.1 Å². The Morgan fingerprint density at radius 3 is 3.11 bits per heavy atom. The molecule has 1 saturated heterocycles. The molecule has 0 spiro atoms. The summed E-state index contributed by atoms with van der Waals surface area (Å²) in [6.07, 6.45) is 5.15. The van der Waals surface area contributed by atoms with Gasteiger partial charge in [-0.2, -0.15) is 4.98 Å². The van der Waals surface area contributed by atoms with Gasteiger partial charge in [-0.3, -0.25) is 0 Å². The van der Waals surface area contributed by atoms with E-state index in [-0.39, 0.29) is 0 Å². The highest BCUT2D eigenvalue weighted by atomic mass is 16.5. The zero-order chi connectivity index (χ0) is 13.1. The lowest BCUT2D eigenvalue weighted by molar-refractivity contribution is 0.369. The highest BCUT2D eigenvalue weighted by molar-refractivity contribution is 5.38. The number of aromatic nitrogens is 3. The molecule has 1 aliphatic heterocycles. The fourth-order valence-electron chi connectivity index (χ4n) is 2.66. The van der Waals surface area contributed by atoms with Crippen LogP contribution >= 0.6 is 0 Å². The van der Waals surface area contributed by atoms with Crippen molar-refractivity contribution < 1.29 is 4.52 Å². The number of hydrogen-bond acceptors (Lipinski definition) is 5. The van der Waals surface area contributed by atoms with Crippen LogP contribution in [0.4, 0.5) is 5.82 Å². The Kier molecular flexibility index (Phi) is 3.44. The molecule has 0 bridgehead atoms. The Morgan fingerprint density at radius 2 is 2.37 bits per heavy atom. The van der Waals surface area contributed by atoms with E-state index in [1.807, 2.05) is 25.3 Å². The van der Waals surface area contributed by atoms with Gasteiger partial charge in [0.15, 0.2) is 5.82 Å². The third kappa shape index (κ3) is 2.92. The van der Waals surface area contributed by atoms with Crippen molar-refractivity contribution in [3.05, 3.63) is 36.1 Å². The summed E-state index contributed by atoms with van der Waals surface area (Å²) in [6.45, 7) is 3.93. The molecule has 2 aromatic heterocycles. The van der Waals surface area contributed by atoms with E-state index in [9.17, 15) is 0 Å². The van der Waals surface area contributed by atoms with Crippen LogP contribution in [-0.4, -0.2) is 28.2 Å². The molecule has 5 heteroatoms. The zero-order valence-corrected chi connectivity index (χ0v) is 11.1. The van der Waals surface area contributed by atoms with Crippen LogP contribution in [0.2, 0.25) is 0 Å². The standard InChI is InChI=1S/C14H18N4O/c1-11-16-13(17-19-11)9-12-5-4-8-18(10-12)14-6-2-3-7-15-14/h2-3,6-7,12H,4-5,8-10H2,1H3. The molecule has 0 N–H and O–H groups in total. The van der Waals surface area contributed by atoms with E-state index in [1.54, 1.807) is 0 Å². The smallest absolute Gasteiger partial charge is 0.223 e. The summed E-state index contributed by atoms with van der Waals surface area (Å²) in [5.41, 5.74) is 0. The summed E-state index contributed by atoms with van der Waals surface area (Å²) in [4.78, 5) is 11.1. The molecule has 0 aromatic carbocycles. The van der Waals surface area contributed by atoms with Crippen LogP contribution < -0.4 is 4.90 Å². The van der Waals surface area contributed by atoms with Crippen LogP contribution in [0.25, 0.3) is 0 Å². The maximum atomic E-state index is 5.03. The minimum absolute atomic E-state index is 0.577. The number of pyridine rings is 1. The maximum absolute atomic E-state index is 5.03. The second-order valence-corrected chi connectivity index (χ2v) is 5.08. The lowest BCUT2D eigenvalue weighted by atomic mass is 9.94. The number of rotatable bonds is 3. The lowest BCUT2D eigenvalue weighted by Gasteiger charge is -2.33. The molecule has 19 heavy (non-hydrogen) atoms. The summed E-state index contributed by atoms with van der Waals surface area (Å²) in [7, 11) is 0. The minimum atomic E-state index is 0.577. The van der Waals surface area contributed by atoms with Crippen molar-refractivity contribution >= 4 is 5.82 Å². The van der Waals surface area contributed by atoms with Gasteiger partial charge in [0.25, 0.3) is 0 Å². The Morgan fingerprint density at radius 1 is 1.42 bits per heavy atom. The van der Waals surface area contributed by atoms with Crippen molar-refractivity contribution in [2.45, 2.75) is 26.2 Å². The van der Waals surface area contributed by atoms with Crippen LogP contribution in [-0.2, 0) is 6.42 Å². The Hall–Kier alpha value is -1.91. The van der Waals surface area contributed by atoms with Crippen molar-refractivity contribution in [3.8, 4) is 0 Å². The maximum Gasteiger partial charge on any atom is 0.223 e. The fraction of sp³-hybridized carbons (Fsp3) is 0.500. The third-order valence-electron chi connectivity index (χ3n) is 3.53. The van der Waals surface area contributed by atoms with Crippen molar-refractivity contribution in [1.82, 2.24) is 15.1 Å². The van der Waals surface area contributed by atoms with Crippen LogP contribution in [0.3, 0.4) is 0 Å². The largest absolute Gasteiger partial charge is 0.356 e. The number of piperidine rings is 1. The van der Waals surface area contributed by atoms with Crippen molar-refractivity contribution in [2.24, 2.45) is 5.92 Å². The molecule has 0 amide bonds. The van der Waals surface area contributed by atoms with E-state index in [4.69, 9.17) is 4.52 Å². The molecule has 1 fully saturated rings. The Labute approximate surface area is 112 Å². The van der Waals surface area contributed by atoms with Gasteiger partial charge in [0, 0.05) is 32.6 Å². The van der Waals surface area contributed by atoms with Gasteiger partial charge >= 0.3 is 0 Å². The van der Waals surface area contributed by atoms with Crippen molar-refractivity contribution in [2.75, 3.05) is 18.0 Å². The summed E-state index contributed by atoms with van der Waals surface area (Å²) in [5.74, 6) is 3.11. The molecule has 1 unspecified atom stereocenters. The van der Waals surface area contributed by atoms with Crippen LogP contribution in [0.1, 0.15) is 24.6 Å². The summed E-state index contributed by atoms with van der Waals surface area (Å²) < 4.78 is 5.03. The van der Waals surface area contributed by atoms with Gasteiger partial charge in [-0.1, -0.05) is 11.2 Å². The van der Waals surface area contributed by atoms with Gasteiger partial charge < -0.3 is 9.42 Å². The number of anilines is 1. The summed E-state index contributed by atoms with van der Waals surface area (Å²) in [5, 5.41) is 3.99. The topological polar surface area (TPSA) is 55.1 Å². The second kappa shape index (κ2) is 5.38. The second-order valence-electron chi connectivity index (χ2n) is 5.08. The molecule has 5 nitrogen and oxygen atoms in total. The highest BCUT2D eigenvalue weighted by Crippen LogP contribution is 2.23. The van der Waals surface area contributed by atoms with E-state index in [0.717, 1.165) is 31.2 Å². The first-order valence-corrected chi connectivity index (χ1v) is 6.76. The van der Waals surface area contributed by atoms with Crippen molar-refractivity contribution in [1.29, 1.82) is 0 Å². The molecule has 3 rings (SSSR count). The fourth-order valence-corrected chi connectivity index (χ4v) is 2.66. The van der Waals surface area contributed by atoms with E-state index in [0.29, 0.717) is 11.8 Å². The first-order chi connectivity index (χ1) is 9.31. The highest BCUT2D eigenvalue weighted by Gasteiger charge is 2.22. The third-order valence-corrected chi connectivity index (χ3v) is 3.53. The normalized spacial score (nSPS) is 19.6. The van der Waals surface area contributed by atoms with Gasteiger partial charge in [-0.15, -0.1) is 0 Å². The van der Waals surface area contributed by atoms with Crippen LogP contribution in [0, 0.1) is 12.8 Å². The molecule has 0 saturated carbocycles. The van der Waals surface area contributed by atoms with E-state index >= 15 is 0 Å². The lowest BCUT2D eigenvalue weighted by Crippen LogP contribution is -2.36.